The van der Waals surface area contributed by atoms with Crippen LogP contribution in [0, 0.1) is 0 Å². The van der Waals surface area contributed by atoms with Gasteiger partial charge >= 0.3 is 0 Å². The van der Waals surface area contributed by atoms with Crippen molar-refractivity contribution < 1.29 is 5.11 Å². The number of phenols is 1. The van der Waals surface area contributed by atoms with Crippen LogP contribution in [0.1, 0.15) is 31.0 Å². The Labute approximate surface area is 88.4 Å². The van der Waals surface area contributed by atoms with E-state index < -0.39 is 0 Å². The number of hydrogen-bond donors (Lipinski definition) is 1. The Morgan fingerprint density at radius 1 is 1.40 bits per heavy atom. The van der Waals surface area contributed by atoms with Crippen molar-refractivity contribution in [1.82, 2.24) is 9.55 Å². The van der Waals surface area contributed by atoms with Crippen LogP contribution >= 0.6 is 0 Å². The summed E-state index contributed by atoms with van der Waals surface area (Å²) in [4.78, 5) is 4.63. The number of fused-ring (bicyclic) bond motifs is 1. The molecular formula is C12H14N2O. The summed E-state index contributed by atoms with van der Waals surface area (Å²) < 4.78 is 2.11. The third-order valence-corrected chi connectivity index (χ3v) is 3.37. The van der Waals surface area contributed by atoms with E-state index in [1.165, 1.54) is 25.1 Å². The minimum atomic E-state index is 0.311. The van der Waals surface area contributed by atoms with Gasteiger partial charge in [-0.15, -0.1) is 0 Å². The highest BCUT2D eigenvalue weighted by Gasteiger charge is 2.24. The molecule has 3 nitrogen and oxygen atoms in total. The minimum Gasteiger partial charge on any atom is -0.508 e. The zero-order valence-corrected chi connectivity index (χ0v) is 8.77. The van der Waals surface area contributed by atoms with E-state index in [-0.39, 0.29) is 0 Å². The van der Waals surface area contributed by atoms with Gasteiger partial charge in [-0.1, -0.05) is 6.42 Å². The first-order chi connectivity index (χ1) is 7.25. The van der Waals surface area contributed by atoms with E-state index in [1.807, 2.05) is 13.1 Å². The van der Waals surface area contributed by atoms with Gasteiger partial charge in [-0.25, -0.2) is 4.98 Å². The quantitative estimate of drug-likeness (QED) is 0.771. The van der Waals surface area contributed by atoms with Gasteiger partial charge in [0.25, 0.3) is 0 Å². The van der Waals surface area contributed by atoms with Crippen LogP contribution in [-0.4, -0.2) is 14.7 Å². The molecule has 3 rings (SSSR count). The number of rotatable bonds is 1. The summed E-state index contributed by atoms with van der Waals surface area (Å²) in [6, 6.07) is 5.36. The topological polar surface area (TPSA) is 38.0 Å². The predicted molar refractivity (Wildman–Crippen MR) is 59.0 cm³/mol. The van der Waals surface area contributed by atoms with Crippen molar-refractivity contribution in [3.63, 3.8) is 0 Å². The fraction of sp³-hybridized carbons (Fsp3) is 0.417. The van der Waals surface area contributed by atoms with E-state index in [9.17, 15) is 5.11 Å². The molecular weight excluding hydrogens is 188 g/mol. The fourth-order valence-corrected chi connectivity index (χ4v) is 2.23. The molecule has 1 N–H and O–H groups in total. The normalized spacial score (nSPS) is 16.9. The van der Waals surface area contributed by atoms with Crippen LogP contribution in [0.15, 0.2) is 18.2 Å². The van der Waals surface area contributed by atoms with Crippen molar-refractivity contribution in [1.29, 1.82) is 0 Å². The van der Waals surface area contributed by atoms with Crippen molar-refractivity contribution in [3.05, 3.63) is 24.0 Å². The summed E-state index contributed by atoms with van der Waals surface area (Å²) in [6.07, 6.45) is 3.82. The number of aromatic hydroxyl groups is 1. The maximum atomic E-state index is 9.43. The van der Waals surface area contributed by atoms with E-state index in [4.69, 9.17) is 0 Å². The molecule has 0 unspecified atom stereocenters. The lowest BCUT2D eigenvalue weighted by Crippen LogP contribution is -2.13. The second-order valence-electron chi connectivity index (χ2n) is 4.33. The highest BCUT2D eigenvalue weighted by atomic mass is 16.3. The molecule has 0 aliphatic heterocycles. The van der Waals surface area contributed by atoms with Gasteiger partial charge in [0.15, 0.2) is 0 Å². The Morgan fingerprint density at radius 2 is 2.20 bits per heavy atom. The van der Waals surface area contributed by atoms with E-state index in [1.54, 1.807) is 12.1 Å². The van der Waals surface area contributed by atoms with Crippen LogP contribution in [0.2, 0.25) is 0 Å². The lowest BCUT2D eigenvalue weighted by atomic mass is 9.85. The van der Waals surface area contributed by atoms with Gasteiger partial charge in [0.1, 0.15) is 11.6 Å². The van der Waals surface area contributed by atoms with E-state index >= 15 is 0 Å². The monoisotopic (exact) mass is 202 g/mol. The Balaban J connectivity index is 2.19. The predicted octanol–water partition coefficient (Wildman–Crippen LogP) is 2.55. The molecule has 78 valence electrons. The first-order valence-corrected chi connectivity index (χ1v) is 5.41. The third kappa shape index (κ3) is 1.23. The largest absolute Gasteiger partial charge is 0.508 e. The van der Waals surface area contributed by atoms with Crippen LogP contribution in [0.4, 0.5) is 0 Å². The van der Waals surface area contributed by atoms with E-state index in [0.717, 1.165) is 11.0 Å². The zero-order chi connectivity index (χ0) is 10.4. The Bertz CT molecular complexity index is 512. The van der Waals surface area contributed by atoms with Gasteiger partial charge in [0.2, 0.25) is 0 Å². The first-order valence-electron chi connectivity index (χ1n) is 5.41. The smallest absolute Gasteiger partial charge is 0.117 e. The summed E-state index contributed by atoms with van der Waals surface area (Å²) in [7, 11) is 2.03. The highest BCUT2D eigenvalue weighted by molar-refractivity contribution is 5.77. The lowest BCUT2D eigenvalue weighted by molar-refractivity contribution is 0.394. The molecule has 1 aliphatic rings. The number of benzene rings is 1. The number of aromatic nitrogens is 2. The Kier molecular flexibility index (Phi) is 1.75. The molecule has 1 aromatic carbocycles. The van der Waals surface area contributed by atoms with Crippen LogP contribution in [0.25, 0.3) is 11.0 Å². The lowest BCUT2D eigenvalue weighted by Gasteiger charge is -2.24. The molecule has 1 heterocycles. The average molecular weight is 202 g/mol. The Morgan fingerprint density at radius 3 is 2.87 bits per heavy atom. The molecule has 15 heavy (non-hydrogen) atoms. The fourth-order valence-electron chi connectivity index (χ4n) is 2.23. The second-order valence-corrected chi connectivity index (χ2v) is 4.33. The molecule has 0 saturated heterocycles. The standard InChI is InChI=1S/C12H14N2O/c1-14-11-7-9(15)5-6-10(11)13-12(14)8-3-2-4-8/h5-8,15H,2-4H2,1H3. The maximum Gasteiger partial charge on any atom is 0.117 e. The van der Waals surface area contributed by atoms with Gasteiger partial charge in [-0.2, -0.15) is 0 Å². The Hall–Kier alpha value is -1.51. The van der Waals surface area contributed by atoms with Gasteiger partial charge in [-0.3, -0.25) is 0 Å². The molecule has 0 radical (unpaired) electrons. The van der Waals surface area contributed by atoms with Crippen LogP contribution in [-0.2, 0) is 7.05 Å². The third-order valence-electron chi connectivity index (χ3n) is 3.37. The second kappa shape index (κ2) is 2.99. The molecule has 1 fully saturated rings. The van der Waals surface area contributed by atoms with Crippen molar-refractivity contribution in [2.24, 2.45) is 7.05 Å². The summed E-state index contributed by atoms with van der Waals surface area (Å²) in [5.41, 5.74) is 2.01. The summed E-state index contributed by atoms with van der Waals surface area (Å²) >= 11 is 0. The molecule has 1 aliphatic carbocycles. The van der Waals surface area contributed by atoms with Gasteiger partial charge in [-0.05, 0) is 25.0 Å². The molecule has 1 saturated carbocycles. The van der Waals surface area contributed by atoms with Gasteiger partial charge in [0, 0.05) is 19.0 Å². The molecule has 2 aromatic rings. The van der Waals surface area contributed by atoms with Crippen molar-refractivity contribution in [2.75, 3.05) is 0 Å². The van der Waals surface area contributed by atoms with Crippen molar-refractivity contribution in [2.45, 2.75) is 25.2 Å². The van der Waals surface area contributed by atoms with Crippen LogP contribution in [0.5, 0.6) is 5.75 Å². The molecule has 0 atom stereocenters. The molecule has 1 aromatic heterocycles. The molecule has 0 bridgehead atoms. The van der Waals surface area contributed by atoms with Crippen molar-refractivity contribution >= 4 is 11.0 Å². The molecule has 3 heteroatoms. The number of aryl methyl sites for hydroxylation is 1. The highest BCUT2D eigenvalue weighted by Crippen LogP contribution is 2.37. The first kappa shape index (κ1) is 8.77. The summed E-state index contributed by atoms with van der Waals surface area (Å²) in [5.74, 6) is 2.11. The summed E-state index contributed by atoms with van der Waals surface area (Å²) in [5, 5.41) is 9.43. The van der Waals surface area contributed by atoms with Crippen LogP contribution < -0.4 is 0 Å². The van der Waals surface area contributed by atoms with Gasteiger partial charge in [0.05, 0.1) is 11.0 Å². The number of hydrogen-bond acceptors (Lipinski definition) is 2. The maximum absolute atomic E-state index is 9.43. The average Bonchev–Trinajstić information content (AvgIpc) is 2.43. The van der Waals surface area contributed by atoms with E-state index in [0.29, 0.717) is 11.7 Å². The SMILES string of the molecule is Cn1c(C2CCC2)nc2ccc(O)cc21. The van der Waals surface area contributed by atoms with Gasteiger partial charge < -0.3 is 9.67 Å². The molecule has 0 spiro atoms. The summed E-state index contributed by atoms with van der Waals surface area (Å²) in [6.45, 7) is 0. The van der Waals surface area contributed by atoms with Crippen molar-refractivity contribution in [3.8, 4) is 5.75 Å². The number of phenolic OH excluding ortho intramolecular Hbond substituents is 1. The van der Waals surface area contributed by atoms with Crippen LogP contribution in [0.3, 0.4) is 0 Å². The van der Waals surface area contributed by atoms with E-state index in [2.05, 4.69) is 9.55 Å². The number of imidazole rings is 1. The number of nitrogens with zero attached hydrogens (tertiary/aromatic N) is 2. The molecule has 0 amide bonds. The zero-order valence-electron chi connectivity index (χ0n) is 8.77. The minimum absolute atomic E-state index is 0.311.